The summed E-state index contributed by atoms with van der Waals surface area (Å²) in [5.74, 6) is 0.904. The molecule has 0 bridgehead atoms. The van der Waals surface area contributed by atoms with Gasteiger partial charge in [-0.25, -0.2) is 0 Å². The number of allylic oxidation sites excluding steroid dienone is 1. The van der Waals surface area contributed by atoms with E-state index in [-0.39, 0.29) is 24.1 Å². The number of nitriles is 1. The summed E-state index contributed by atoms with van der Waals surface area (Å²) in [4.78, 5) is 0. The molecule has 0 fully saturated rings. The first kappa shape index (κ1) is 19.1. The molecule has 2 aliphatic heterocycles. The molecule has 3 aromatic rings. The number of benzene rings is 2. The summed E-state index contributed by atoms with van der Waals surface area (Å²) in [6.45, 7) is 0.133. The molecule has 2 aromatic carbocycles. The number of rotatable bonds is 2. The molecule has 0 unspecified atom stereocenters. The van der Waals surface area contributed by atoms with Crippen LogP contribution in [0.1, 0.15) is 17.0 Å². The van der Waals surface area contributed by atoms with E-state index in [1.807, 2.05) is 12.1 Å². The summed E-state index contributed by atoms with van der Waals surface area (Å²) in [7, 11) is 0. The van der Waals surface area contributed by atoms with Crippen molar-refractivity contribution in [3.8, 4) is 34.7 Å². The van der Waals surface area contributed by atoms with Crippen LogP contribution in [0.5, 0.6) is 17.4 Å². The average molecular weight is 506 g/mol. The van der Waals surface area contributed by atoms with Gasteiger partial charge in [-0.1, -0.05) is 45.2 Å². The maximum absolute atomic E-state index is 9.87. The maximum atomic E-state index is 9.87. The van der Waals surface area contributed by atoms with Crippen molar-refractivity contribution in [2.75, 3.05) is 6.79 Å². The quantitative estimate of drug-likeness (QED) is 0.502. The molecule has 1 atom stereocenters. The molecule has 3 N–H and O–H groups in total. The molecule has 1 aromatic heterocycles. The Bertz CT molecular complexity index is 1280. The van der Waals surface area contributed by atoms with Crippen molar-refractivity contribution in [3.05, 3.63) is 67.4 Å². The predicted octanol–water partition coefficient (Wildman–Crippen LogP) is 5.09. The Morgan fingerprint density at radius 1 is 1.17 bits per heavy atom. The molecule has 0 spiro atoms. The number of ether oxygens (including phenoxy) is 3. The lowest BCUT2D eigenvalue weighted by Gasteiger charge is -2.25. The second-order valence-corrected chi connectivity index (χ2v) is 8.27. The smallest absolute Gasteiger partial charge is 0.244 e. The number of aromatic amines is 1. The Balaban J connectivity index is 1.75. The molecular formula is C20H11BrCl2N4O3. The lowest BCUT2D eigenvalue weighted by Crippen LogP contribution is -2.21. The molecule has 7 nitrogen and oxygen atoms in total. The molecule has 5 rings (SSSR count). The highest BCUT2D eigenvalue weighted by molar-refractivity contribution is 9.10. The fraction of sp³-hybridized carbons (Fsp3) is 0.100. The zero-order valence-electron chi connectivity index (χ0n) is 15.0. The Hall–Kier alpha value is -2.86. The Labute approximate surface area is 189 Å². The lowest BCUT2D eigenvalue weighted by molar-refractivity contribution is 0.174. The minimum absolute atomic E-state index is 0.00763. The second kappa shape index (κ2) is 7.13. The summed E-state index contributed by atoms with van der Waals surface area (Å²) < 4.78 is 17.3. The third kappa shape index (κ3) is 2.89. The van der Waals surface area contributed by atoms with Crippen molar-refractivity contribution >= 4 is 39.1 Å². The number of hydrogen-bond donors (Lipinski definition) is 2. The highest BCUT2D eigenvalue weighted by Crippen LogP contribution is 2.50. The largest absolute Gasteiger partial charge is 0.454 e. The van der Waals surface area contributed by atoms with Crippen molar-refractivity contribution in [1.82, 2.24) is 10.2 Å². The summed E-state index contributed by atoms with van der Waals surface area (Å²) >= 11 is 15.9. The number of nitrogens with one attached hydrogen (secondary N) is 1. The fourth-order valence-corrected chi connectivity index (χ4v) is 4.43. The highest BCUT2D eigenvalue weighted by Gasteiger charge is 2.37. The maximum Gasteiger partial charge on any atom is 0.244 e. The minimum Gasteiger partial charge on any atom is -0.454 e. The van der Waals surface area contributed by atoms with Crippen molar-refractivity contribution in [3.63, 3.8) is 0 Å². The minimum atomic E-state index is -0.564. The third-order valence-electron chi connectivity index (χ3n) is 4.95. The van der Waals surface area contributed by atoms with Crippen LogP contribution < -0.4 is 19.9 Å². The van der Waals surface area contributed by atoms with Crippen LogP contribution >= 0.6 is 39.1 Å². The topological polar surface area (TPSA) is 106 Å². The zero-order valence-corrected chi connectivity index (χ0v) is 18.1. The summed E-state index contributed by atoms with van der Waals surface area (Å²) in [5, 5.41) is 17.9. The van der Waals surface area contributed by atoms with E-state index in [4.69, 9.17) is 43.1 Å². The zero-order chi connectivity index (χ0) is 21.0. The highest BCUT2D eigenvalue weighted by atomic mass is 79.9. The SMILES string of the molecule is N#CC1=C(N)Oc2n[nH]c(-c3ccc(Cl)c(Cl)c3)c2[C@H]1c1cc2c(cc1Br)OCO2. The van der Waals surface area contributed by atoms with Gasteiger partial charge in [0.2, 0.25) is 18.6 Å². The van der Waals surface area contributed by atoms with Crippen LogP contribution in [0, 0.1) is 11.3 Å². The van der Waals surface area contributed by atoms with E-state index in [9.17, 15) is 5.26 Å². The van der Waals surface area contributed by atoms with E-state index in [1.165, 1.54) is 0 Å². The van der Waals surface area contributed by atoms with E-state index >= 15 is 0 Å². The Kier molecular flexibility index (Phi) is 4.54. The van der Waals surface area contributed by atoms with Crippen LogP contribution in [0.4, 0.5) is 0 Å². The molecule has 0 saturated carbocycles. The molecule has 0 saturated heterocycles. The van der Waals surface area contributed by atoms with Crippen LogP contribution in [0.3, 0.4) is 0 Å². The van der Waals surface area contributed by atoms with Crippen molar-refractivity contribution in [1.29, 1.82) is 5.26 Å². The van der Waals surface area contributed by atoms with Gasteiger partial charge >= 0.3 is 0 Å². The van der Waals surface area contributed by atoms with Gasteiger partial charge in [0.05, 0.1) is 27.2 Å². The van der Waals surface area contributed by atoms with E-state index < -0.39 is 5.92 Å². The second-order valence-electron chi connectivity index (χ2n) is 6.60. The molecule has 0 radical (unpaired) electrons. The van der Waals surface area contributed by atoms with Gasteiger partial charge in [-0.3, -0.25) is 5.10 Å². The number of nitrogens with two attached hydrogens (primary N) is 1. The average Bonchev–Trinajstić information content (AvgIpc) is 3.34. The lowest BCUT2D eigenvalue weighted by atomic mass is 9.83. The van der Waals surface area contributed by atoms with Gasteiger partial charge in [0.1, 0.15) is 11.6 Å². The number of nitrogens with zero attached hydrogens (tertiary/aromatic N) is 2. The number of aromatic nitrogens is 2. The van der Waals surface area contributed by atoms with Gasteiger partial charge in [-0.2, -0.15) is 5.26 Å². The first-order valence-electron chi connectivity index (χ1n) is 8.68. The molecule has 0 amide bonds. The number of hydrogen-bond acceptors (Lipinski definition) is 6. The van der Waals surface area contributed by atoms with Crippen molar-refractivity contribution < 1.29 is 14.2 Å². The van der Waals surface area contributed by atoms with Crippen LogP contribution in [0.25, 0.3) is 11.3 Å². The van der Waals surface area contributed by atoms with Crippen LogP contribution in [-0.4, -0.2) is 17.0 Å². The molecule has 3 heterocycles. The first-order chi connectivity index (χ1) is 14.5. The number of H-pyrrole nitrogens is 1. The number of fused-ring (bicyclic) bond motifs is 2. The summed E-state index contributed by atoms with van der Waals surface area (Å²) in [6.07, 6.45) is 0. The summed E-state index contributed by atoms with van der Waals surface area (Å²) in [6, 6.07) is 11.0. The van der Waals surface area contributed by atoms with Crippen LogP contribution in [0.15, 0.2) is 46.3 Å². The first-order valence-corrected chi connectivity index (χ1v) is 10.2. The third-order valence-corrected chi connectivity index (χ3v) is 6.38. The molecular weight excluding hydrogens is 495 g/mol. The molecule has 150 valence electrons. The van der Waals surface area contributed by atoms with Crippen LogP contribution in [-0.2, 0) is 0 Å². The van der Waals surface area contributed by atoms with Gasteiger partial charge in [0, 0.05) is 10.0 Å². The van der Waals surface area contributed by atoms with Gasteiger partial charge in [0.15, 0.2) is 11.5 Å². The van der Waals surface area contributed by atoms with E-state index in [1.54, 1.807) is 18.2 Å². The predicted molar refractivity (Wildman–Crippen MR) is 114 cm³/mol. The van der Waals surface area contributed by atoms with E-state index in [0.29, 0.717) is 32.8 Å². The van der Waals surface area contributed by atoms with Crippen molar-refractivity contribution in [2.45, 2.75) is 5.92 Å². The van der Waals surface area contributed by atoms with Crippen LogP contribution in [0.2, 0.25) is 10.0 Å². The molecule has 30 heavy (non-hydrogen) atoms. The van der Waals surface area contributed by atoms with Gasteiger partial charge < -0.3 is 19.9 Å². The van der Waals surface area contributed by atoms with Gasteiger partial charge in [0.25, 0.3) is 0 Å². The van der Waals surface area contributed by atoms with Gasteiger partial charge in [-0.05, 0) is 29.8 Å². The molecule has 2 aliphatic rings. The molecule has 10 heteroatoms. The fourth-order valence-electron chi connectivity index (χ4n) is 3.58. The molecule has 0 aliphatic carbocycles. The standard InChI is InChI=1S/C20H11BrCl2N4O3/c21-11-5-15-14(28-7-29-15)4-9(11)16-10(6-24)19(25)30-20-17(16)18(26-27-20)8-1-2-12(22)13(23)3-8/h1-5,16H,7,25H2,(H,26,27)/t16-/m0/s1. The number of halogens is 3. The normalized spacial score (nSPS) is 16.8. The van der Waals surface area contributed by atoms with Crippen molar-refractivity contribution in [2.24, 2.45) is 5.73 Å². The Morgan fingerprint density at radius 3 is 2.67 bits per heavy atom. The van der Waals surface area contributed by atoms with Gasteiger partial charge in [-0.15, -0.1) is 5.10 Å². The summed E-state index contributed by atoms with van der Waals surface area (Å²) in [5.41, 5.74) is 9.09. The van der Waals surface area contributed by atoms with E-state index in [0.717, 1.165) is 15.6 Å². The Morgan fingerprint density at radius 2 is 1.93 bits per heavy atom. The monoisotopic (exact) mass is 504 g/mol. The van der Waals surface area contributed by atoms with E-state index in [2.05, 4.69) is 32.2 Å².